The topological polar surface area (TPSA) is 49.3 Å². The lowest BCUT2D eigenvalue weighted by molar-refractivity contribution is 0.102. The fraction of sp³-hybridized carbons (Fsp3) is 0.0714. The molecule has 2 rings (SSSR count). The third kappa shape index (κ3) is 3.42. The van der Waals surface area contributed by atoms with Gasteiger partial charge in [0.1, 0.15) is 5.75 Å². The Kier molecular flexibility index (Phi) is 4.88. The number of phenolic OH excluding ortho intramolecular Hbond substituents is 1. The summed E-state index contributed by atoms with van der Waals surface area (Å²) < 4.78 is 2.40. The standard InChI is InChI=1S/C14H10Br3NO2/c1-7-2-3-8(4-12(7)19)14(20)18-13-10(16)5-9(15)6-11(13)17/h2-6,19H,1H3,(H,18,20). The van der Waals surface area contributed by atoms with Crippen LogP contribution in [0.15, 0.2) is 43.7 Å². The second kappa shape index (κ2) is 6.28. The number of hydrogen-bond acceptors (Lipinski definition) is 2. The molecule has 0 atom stereocenters. The molecular formula is C14H10Br3NO2. The van der Waals surface area contributed by atoms with Crippen molar-refractivity contribution in [1.82, 2.24) is 0 Å². The molecule has 104 valence electrons. The summed E-state index contributed by atoms with van der Waals surface area (Å²) >= 11 is 10.2. The average molecular weight is 464 g/mol. The number of rotatable bonds is 2. The number of benzene rings is 2. The zero-order valence-corrected chi connectivity index (χ0v) is 15.1. The number of anilines is 1. The Morgan fingerprint density at radius 1 is 1.10 bits per heavy atom. The highest BCUT2D eigenvalue weighted by Crippen LogP contribution is 2.34. The summed E-state index contributed by atoms with van der Waals surface area (Å²) in [6, 6.07) is 8.51. The van der Waals surface area contributed by atoms with Crippen LogP contribution in [0.5, 0.6) is 5.75 Å². The van der Waals surface area contributed by atoms with Crippen LogP contribution in [-0.4, -0.2) is 11.0 Å². The van der Waals surface area contributed by atoms with Crippen molar-refractivity contribution in [2.45, 2.75) is 6.92 Å². The summed E-state index contributed by atoms with van der Waals surface area (Å²) in [6.45, 7) is 1.78. The molecular weight excluding hydrogens is 454 g/mol. The maximum Gasteiger partial charge on any atom is 0.255 e. The Morgan fingerprint density at radius 3 is 2.25 bits per heavy atom. The van der Waals surface area contributed by atoms with Gasteiger partial charge in [-0.05, 0) is 68.6 Å². The highest BCUT2D eigenvalue weighted by Gasteiger charge is 2.13. The van der Waals surface area contributed by atoms with E-state index in [4.69, 9.17) is 0 Å². The molecule has 0 aliphatic rings. The zero-order chi connectivity index (χ0) is 14.9. The van der Waals surface area contributed by atoms with E-state index in [0.29, 0.717) is 11.3 Å². The predicted octanol–water partition coefficient (Wildman–Crippen LogP) is 5.24. The second-order valence-electron chi connectivity index (χ2n) is 4.20. The molecule has 2 aromatic carbocycles. The molecule has 0 bridgehead atoms. The monoisotopic (exact) mass is 461 g/mol. The molecule has 0 saturated carbocycles. The number of carbonyl (C=O) groups is 1. The highest BCUT2D eigenvalue weighted by molar-refractivity contribution is 9.11. The van der Waals surface area contributed by atoms with E-state index in [0.717, 1.165) is 19.0 Å². The molecule has 0 fully saturated rings. The normalized spacial score (nSPS) is 10.4. The Hall–Kier alpha value is -0.850. The fourth-order valence-electron chi connectivity index (χ4n) is 1.60. The lowest BCUT2D eigenvalue weighted by Crippen LogP contribution is -2.12. The molecule has 2 aromatic rings. The highest BCUT2D eigenvalue weighted by atomic mass is 79.9. The minimum absolute atomic E-state index is 0.103. The summed E-state index contributed by atoms with van der Waals surface area (Å²) in [5, 5.41) is 12.5. The lowest BCUT2D eigenvalue weighted by Gasteiger charge is -2.11. The van der Waals surface area contributed by atoms with Gasteiger partial charge in [0.25, 0.3) is 5.91 Å². The van der Waals surface area contributed by atoms with Crippen molar-refractivity contribution in [3.05, 3.63) is 54.9 Å². The van der Waals surface area contributed by atoms with E-state index in [1.807, 2.05) is 12.1 Å². The van der Waals surface area contributed by atoms with Crippen LogP contribution >= 0.6 is 47.8 Å². The van der Waals surface area contributed by atoms with Gasteiger partial charge < -0.3 is 10.4 Å². The molecule has 1 amide bonds. The molecule has 0 saturated heterocycles. The van der Waals surface area contributed by atoms with E-state index in [2.05, 4.69) is 53.1 Å². The van der Waals surface area contributed by atoms with Gasteiger partial charge >= 0.3 is 0 Å². The van der Waals surface area contributed by atoms with E-state index in [1.54, 1.807) is 19.1 Å². The first-order valence-corrected chi connectivity index (χ1v) is 8.02. The third-order valence-corrected chi connectivity index (χ3v) is 4.43. The number of hydrogen-bond donors (Lipinski definition) is 2. The molecule has 2 N–H and O–H groups in total. The van der Waals surface area contributed by atoms with Crippen LogP contribution in [0, 0.1) is 6.92 Å². The number of amides is 1. The molecule has 0 spiro atoms. The first-order chi connectivity index (χ1) is 9.38. The Labute approximate surface area is 141 Å². The molecule has 20 heavy (non-hydrogen) atoms. The van der Waals surface area contributed by atoms with E-state index in [1.165, 1.54) is 6.07 Å². The molecule has 0 heterocycles. The van der Waals surface area contributed by atoms with Crippen LogP contribution < -0.4 is 5.32 Å². The quantitative estimate of drug-likeness (QED) is 0.639. The van der Waals surface area contributed by atoms with Gasteiger partial charge in [0.05, 0.1) is 5.69 Å². The van der Waals surface area contributed by atoms with Gasteiger partial charge in [0.2, 0.25) is 0 Å². The van der Waals surface area contributed by atoms with E-state index in [9.17, 15) is 9.90 Å². The summed E-state index contributed by atoms with van der Waals surface area (Å²) in [5.41, 5.74) is 1.76. The van der Waals surface area contributed by atoms with Crippen LogP contribution in [0.1, 0.15) is 15.9 Å². The van der Waals surface area contributed by atoms with E-state index in [-0.39, 0.29) is 11.7 Å². The molecule has 0 aliphatic carbocycles. The number of aryl methyl sites for hydroxylation is 1. The van der Waals surface area contributed by atoms with Crippen molar-refractivity contribution in [2.24, 2.45) is 0 Å². The summed E-state index contributed by atoms with van der Waals surface area (Å²) in [7, 11) is 0. The van der Waals surface area contributed by atoms with Gasteiger partial charge in [-0.1, -0.05) is 22.0 Å². The molecule has 0 radical (unpaired) electrons. The van der Waals surface area contributed by atoms with Crippen LogP contribution in [0.4, 0.5) is 5.69 Å². The van der Waals surface area contributed by atoms with Crippen molar-refractivity contribution in [3.8, 4) is 5.75 Å². The van der Waals surface area contributed by atoms with Crippen LogP contribution in [0.2, 0.25) is 0 Å². The first kappa shape index (κ1) is 15.5. The number of phenols is 1. The summed E-state index contributed by atoms with van der Waals surface area (Å²) in [5.74, 6) is -0.185. The molecule has 0 unspecified atom stereocenters. The minimum Gasteiger partial charge on any atom is -0.508 e. The zero-order valence-electron chi connectivity index (χ0n) is 10.4. The van der Waals surface area contributed by atoms with Crippen molar-refractivity contribution >= 4 is 59.4 Å². The van der Waals surface area contributed by atoms with Gasteiger partial charge in [0, 0.05) is 19.0 Å². The van der Waals surface area contributed by atoms with Crippen molar-refractivity contribution in [2.75, 3.05) is 5.32 Å². The Balaban J connectivity index is 2.30. The van der Waals surface area contributed by atoms with Gasteiger partial charge in [0.15, 0.2) is 0 Å². The van der Waals surface area contributed by atoms with Gasteiger partial charge in [-0.2, -0.15) is 0 Å². The molecule has 0 aliphatic heterocycles. The largest absolute Gasteiger partial charge is 0.508 e. The second-order valence-corrected chi connectivity index (χ2v) is 6.82. The van der Waals surface area contributed by atoms with Crippen molar-refractivity contribution in [1.29, 1.82) is 0 Å². The summed E-state index contributed by atoms with van der Waals surface area (Å²) in [4.78, 5) is 12.2. The minimum atomic E-state index is -0.288. The van der Waals surface area contributed by atoms with Gasteiger partial charge in [-0.15, -0.1) is 0 Å². The number of halogens is 3. The Bertz CT molecular complexity index is 663. The van der Waals surface area contributed by atoms with Crippen LogP contribution in [0.3, 0.4) is 0 Å². The first-order valence-electron chi connectivity index (χ1n) is 5.64. The Morgan fingerprint density at radius 2 is 1.70 bits per heavy atom. The number of aromatic hydroxyl groups is 1. The van der Waals surface area contributed by atoms with Crippen LogP contribution in [0.25, 0.3) is 0 Å². The maximum atomic E-state index is 12.2. The fourth-order valence-corrected chi connectivity index (χ4v) is 4.05. The SMILES string of the molecule is Cc1ccc(C(=O)Nc2c(Br)cc(Br)cc2Br)cc1O. The number of carbonyl (C=O) groups excluding carboxylic acids is 1. The van der Waals surface area contributed by atoms with Crippen molar-refractivity contribution < 1.29 is 9.90 Å². The average Bonchev–Trinajstić information content (AvgIpc) is 2.36. The van der Waals surface area contributed by atoms with Crippen LogP contribution in [-0.2, 0) is 0 Å². The lowest BCUT2D eigenvalue weighted by atomic mass is 10.1. The molecule has 0 aromatic heterocycles. The van der Waals surface area contributed by atoms with E-state index >= 15 is 0 Å². The van der Waals surface area contributed by atoms with Gasteiger partial charge in [-0.25, -0.2) is 0 Å². The molecule has 3 nitrogen and oxygen atoms in total. The predicted molar refractivity (Wildman–Crippen MR) is 90.3 cm³/mol. The van der Waals surface area contributed by atoms with Gasteiger partial charge in [-0.3, -0.25) is 4.79 Å². The van der Waals surface area contributed by atoms with E-state index < -0.39 is 0 Å². The van der Waals surface area contributed by atoms with Crippen molar-refractivity contribution in [3.63, 3.8) is 0 Å². The smallest absolute Gasteiger partial charge is 0.255 e. The molecule has 6 heteroatoms. The summed E-state index contributed by atoms with van der Waals surface area (Å²) in [6.07, 6.45) is 0. The third-order valence-electron chi connectivity index (χ3n) is 2.72. The number of nitrogens with one attached hydrogen (secondary N) is 1. The maximum absolute atomic E-state index is 12.2.